The first-order valence-electron chi connectivity index (χ1n) is 3.91. The molecule has 0 heterocycles. The van der Waals surface area contributed by atoms with Gasteiger partial charge in [-0.3, -0.25) is 0 Å². The van der Waals surface area contributed by atoms with Crippen molar-refractivity contribution in [1.29, 1.82) is 0 Å². The van der Waals surface area contributed by atoms with E-state index in [0.717, 1.165) is 0 Å². The fourth-order valence-electron chi connectivity index (χ4n) is 1.07. The third-order valence-electron chi connectivity index (χ3n) is 1.73. The fraction of sp³-hybridized carbons (Fsp3) is 0.333. The maximum atomic E-state index is 13.3. The second kappa shape index (κ2) is 4.03. The molecule has 0 unspecified atom stereocenters. The first kappa shape index (κ1) is 10.4. The summed E-state index contributed by atoms with van der Waals surface area (Å²) in [7, 11) is 0. The van der Waals surface area contributed by atoms with Crippen LogP contribution in [-0.4, -0.2) is 6.54 Å². The third-order valence-corrected chi connectivity index (χ3v) is 2.06. The number of halogens is 3. The number of hydrogen-bond donors (Lipinski definition) is 1. The summed E-state index contributed by atoms with van der Waals surface area (Å²) in [5, 5.41) is 0.0842. The van der Waals surface area contributed by atoms with Crippen molar-refractivity contribution in [2.24, 2.45) is 5.73 Å². The molecule has 0 spiro atoms. The maximum absolute atomic E-state index is 13.3. The van der Waals surface area contributed by atoms with Gasteiger partial charge < -0.3 is 5.73 Å². The zero-order valence-electron chi connectivity index (χ0n) is 6.93. The zero-order chi connectivity index (χ0) is 9.90. The smallest absolute Gasteiger partial charge is 0.275 e. The lowest BCUT2D eigenvalue weighted by molar-refractivity contribution is -0.0106. The van der Waals surface area contributed by atoms with Crippen molar-refractivity contribution in [1.82, 2.24) is 0 Å². The molecular formula is C9H10ClF2N. The van der Waals surface area contributed by atoms with E-state index < -0.39 is 5.92 Å². The van der Waals surface area contributed by atoms with Gasteiger partial charge in [0.05, 0.1) is 0 Å². The van der Waals surface area contributed by atoms with Crippen molar-refractivity contribution in [3.05, 3.63) is 34.9 Å². The molecule has 4 heteroatoms. The van der Waals surface area contributed by atoms with Gasteiger partial charge in [0, 0.05) is 17.0 Å². The topological polar surface area (TPSA) is 26.0 Å². The number of benzene rings is 1. The van der Waals surface area contributed by atoms with Crippen LogP contribution in [0.25, 0.3) is 0 Å². The first-order chi connectivity index (χ1) is 6.08. The van der Waals surface area contributed by atoms with Gasteiger partial charge in [-0.25, -0.2) is 8.78 Å². The van der Waals surface area contributed by atoms with E-state index in [2.05, 4.69) is 0 Å². The quantitative estimate of drug-likeness (QED) is 0.807. The molecule has 0 saturated carbocycles. The highest BCUT2D eigenvalue weighted by Gasteiger charge is 2.32. The molecule has 1 aromatic carbocycles. The number of rotatable bonds is 3. The Morgan fingerprint density at radius 2 is 1.92 bits per heavy atom. The summed E-state index contributed by atoms with van der Waals surface area (Å²) < 4.78 is 26.5. The van der Waals surface area contributed by atoms with E-state index in [1.165, 1.54) is 18.2 Å². The molecule has 72 valence electrons. The van der Waals surface area contributed by atoms with Gasteiger partial charge in [-0.15, -0.1) is 0 Å². The Morgan fingerprint density at radius 1 is 1.31 bits per heavy atom. The van der Waals surface area contributed by atoms with Crippen LogP contribution in [0.1, 0.15) is 12.0 Å². The van der Waals surface area contributed by atoms with E-state index >= 15 is 0 Å². The van der Waals surface area contributed by atoms with Crippen LogP contribution in [-0.2, 0) is 5.92 Å². The van der Waals surface area contributed by atoms with Gasteiger partial charge in [0.25, 0.3) is 5.92 Å². The van der Waals surface area contributed by atoms with Crippen molar-refractivity contribution in [3.63, 3.8) is 0 Å². The number of hydrogen-bond acceptors (Lipinski definition) is 1. The van der Waals surface area contributed by atoms with E-state index in [1.54, 1.807) is 6.07 Å². The Bertz CT molecular complexity index is 289. The lowest BCUT2D eigenvalue weighted by Crippen LogP contribution is -2.18. The monoisotopic (exact) mass is 205 g/mol. The third kappa shape index (κ3) is 2.39. The van der Waals surface area contributed by atoms with Crippen molar-refractivity contribution >= 4 is 11.6 Å². The van der Waals surface area contributed by atoms with Crippen molar-refractivity contribution in [2.75, 3.05) is 6.54 Å². The van der Waals surface area contributed by atoms with Gasteiger partial charge in [0.2, 0.25) is 0 Å². The molecule has 0 aliphatic heterocycles. The van der Waals surface area contributed by atoms with Crippen molar-refractivity contribution < 1.29 is 8.78 Å². The minimum absolute atomic E-state index is 0.0573. The molecule has 0 amide bonds. The summed E-state index contributed by atoms with van der Waals surface area (Å²) in [5.41, 5.74) is 4.93. The molecule has 2 N–H and O–H groups in total. The highest BCUT2D eigenvalue weighted by molar-refractivity contribution is 6.31. The zero-order valence-corrected chi connectivity index (χ0v) is 7.69. The van der Waals surface area contributed by atoms with Gasteiger partial charge in [-0.2, -0.15) is 0 Å². The molecule has 1 rings (SSSR count). The Kier molecular flexibility index (Phi) is 3.22. The predicted octanol–water partition coefficient (Wildman–Crippen LogP) is 2.78. The summed E-state index contributed by atoms with van der Waals surface area (Å²) >= 11 is 5.62. The Labute approximate surface area is 80.5 Å². The summed E-state index contributed by atoms with van der Waals surface area (Å²) in [6.45, 7) is -0.0573. The average molecular weight is 206 g/mol. The molecule has 0 saturated heterocycles. The predicted molar refractivity (Wildman–Crippen MR) is 49.0 cm³/mol. The van der Waals surface area contributed by atoms with Gasteiger partial charge in [-0.05, 0) is 12.6 Å². The summed E-state index contributed by atoms with van der Waals surface area (Å²) in [5.74, 6) is -2.92. The summed E-state index contributed by atoms with van der Waals surface area (Å²) in [4.78, 5) is 0. The summed E-state index contributed by atoms with van der Waals surface area (Å²) in [6, 6.07) is 5.91. The molecule has 0 aliphatic carbocycles. The maximum Gasteiger partial charge on any atom is 0.275 e. The molecule has 0 radical (unpaired) electrons. The van der Waals surface area contributed by atoms with Crippen LogP contribution in [0.3, 0.4) is 0 Å². The van der Waals surface area contributed by atoms with Gasteiger partial charge >= 0.3 is 0 Å². The van der Waals surface area contributed by atoms with Gasteiger partial charge in [0.15, 0.2) is 0 Å². The molecule has 1 aromatic rings. The van der Waals surface area contributed by atoms with Crippen LogP contribution >= 0.6 is 11.6 Å². The second-order valence-electron chi connectivity index (χ2n) is 2.72. The SMILES string of the molecule is NCCC(F)(F)c1ccccc1Cl. The molecule has 0 bridgehead atoms. The lowest BCUT2D eigenvalue weighted by Gasteiger charge is -2.16. The Balaban J connectivity index is 2.99. The molecule has 13 heavy (non-hydrogen) atoms. The molecule has 1 nitrogen and oxygen atoms in total. The Hall–Kier alpha value is -0.670. The minimum Gasteiger partial charge on any atom is -0.330 e. The molecule has 0 atom stereocenters. The molecule has 0 fully saturated rings. The lowest BCUT2D eigenvalue weighted by atomic mass is 10.1. The fourth-order valence-corrected chi connectivity index (χ4v) is 1.35. The van der Waals surface area contributed by atoms with Crippen LogP contribution in [0.5, 0.6) is 0 Å². The van der Waals surface area contributed by atoms with Crippen LogP contribution in [0.4, 0.5) is 8.78 Å². The van der Waals surface area contributed by atoms with E-state index in [0.29, 0.717) is 0 Å². The number of nitrogens with two attached hydrogens (primary N) is 1. The van der Waals surface area contributed by atoms with Crippen LogP contribution < -0.4 is 5.73 Å². The minimum atomic E-state index is -2.92. The van der Waals surface area contributed by atoms with E-state index in [9.17, 15) is 8.78 Å². The van der Waals surface area contributed by atoms with Crippen molar-refractivity contribution in [3.8, 4) is 0 Å². The first-order valence-corrected chi connectivity index (χ1v) is 4.28. The molecule has 0 aromatic heterocycles. The molecule has 0 aliphatic rings. The van der Waals surface area contributed by atoms with E-state index in [4.69, 9.17) is 17.3 Å². The van der Waals surface area contributed by atoms with Crippen molar-refractivity contribution in [2.45, 2.75) is 12.3 Å². The normalized spacial score (nSPS) is 11.7. The van der Waals surface area contributed by atoms with Gasteiger partial charge in [0.1, 0.15) is 0 Å². The standard InChI is InChI=1S/C9H10ClF2N/c10-8-4-2-1-3-7(8)9(11,12)5-6-13/h1-4H,5-6,13H2. The largest absolute Gasteiger partial charge is 0.330 e. The van der Waals surface area contributed by atoms with E-state index in [1.807, 2.05) is 0 Å². The van der Waals surface area contributed by atoms with Gasteiger partial charge in [-0.1, -0.05) is 29.8 Å². The van der Waals surface area contributed by atoms with Crippen LogP contribution in [0, 0.1) is 0 Å². The van der Waals surface area contributed by atoms with E-state index in [-0.39, 0.29) is 23.6 Å². The molecular weight excluding hydrogens is 196 g/mol. The highest BCUT2D eigenvalue weighted by Crippen LogP contribution is 2.35. The van der Waals surface area contributed by atoms with Crippen LogP contribution in [0.2, 0.25) is 5.02 Å². The highest BCUT2D eigenvalue weighted by atomic mass is 35.5. The second-order valence-corrected chi connectivity index (χ2v) is 3.13. The number of alkyl halides is 2. The summed E-state index contributed by atoms with van der Waals surface area (Å²) in [6.07, 6.45) is -0.378. The van der Waals surface area contributed by atoms with Crippen LogP contribution in [0.15, 0.2) is 24.3 Å². The Morgan fingerprint density at radius 3 is 2.46 bits per heavy atom. The average Bonchev–Trinajstić information content (AvgIpc) is 2.04.